The number of carbonyl (C=O) groups excluding carboxylic acids is 1. The predicted molar refractivity (Wildman–Crippen MR) is 222 cm³/mol. The van der Waals surface area contributed by atoms with Crippen LogP contribution in [-0.2, 0) is 24.8 Å². The fourth-order valence-electron chi connectivity index (χ4n) is 7.47. The highest BCUT2D eigenvalue weighted by molar-refractivity contribution is 7.89. The van der Waals surface area contributed by atoms with Gasteiger partial charge in [0.2, 0.25) is 20.0 Å². The number of allylic oxidation sites excluding steroid dienone is 2. The van der Waals surface area contributed by atoms with Gasteiger partial charge in [-0.2, -0.15) is 9.44 Å². The minimum Gasteiger partial charge on any atom is -0.368 e. The monoisotopic (exact) mass is 822 g/mol. The fraction of sp³-hybridized carbons (Fsp3) is 0.140. The van der Waals surface area contributed by atoms with E-state index in [4.69, 9.17) is 23.2 Å². The van der Waals surface area contributed by atoms with Gasteiger partial charge in [0, 0.05) is 32.6 Å². The van der Waals surface area contributed by atoms with Crippen LogP contribution in [0.4, 0.5) is 0 Å². The maximum absolute atomic E-state index is 15.0. The van der Waals surface area contributed by atoms with Gasteiger partial charge in [-0.25, -0.2) is 16.8 Å². The Balaban J connectivity index is 1.18. The lowest BCUT2D eigenvalue weighted by molar-refractivity contribution is -0.128. The van der Waals surface area contributed by atoms with Gasteiger partial charge in [-0.1, -0.05) is 120 Å². The van der Waals surface area contributed by atoms with Crippen molar-refractivity contribution in [3.8, 4) is 0 Å². The van der Waals surface area contributed by atoms with E-state index in [1.165, 1.54) is 48.5 Å². The summed E-state index contributed by atoms with van der Waals surface area (Å²) in [7, 11) is -8.34. The molecule has 2 aliphatic heterocycles. The lowest BCUT2D eigenvalue weighted by Gasteiger charge is -2.38. The van der Waals surface area contributed by atoms with Gasteiger partial charge in [-0.3, -0.25) is 4.79 Å². The maximum Gasteiger partial charge on any atom is 0.242 e. The van der Waals surface area contributed by atoms with E-state index in [-0.39, 0.29) is 28.4 Å². The van der Waals surface area contributed by atoms with E-state index in [9.17, 15) is 21.6 Å². The third-order valence-corrected chi connectivity index (χ3v) is 13.7. The molecule has 2 heterocycles. The van der Waals surface area contributed by atoms with Crippen LogP contribution in [0.2, 0.25) is 10.0 Å². The molecule has 0 saturated carbocycles. The number of hydrogen-bond donors (Lipinski definition) is 4. The van der Waals surface area contributed by atoms with Crippen LogP contribution in [-0.4, -0.2) is 35.0 Å². The highest BCUT2D eigenvalue weighted by Crippen LogP contribution is 2.35. The summed E-state index contributed by atoms with van der Waals surface area (Å²) in [6.45, 7) is 0. The molecule has 0 aliphatic carbocycles. The number of carbonyl (C=O) groups is 1. The highest BCUT2D eigenvalue weighted by Gasteiger charge is 2.42. The number of Topliss-reactive ketones (excluding diaryl/α,β-unsaturated/α-hetero) is 1. The number of ketones is 1. The van der Waals surface area contributed by atoms with Crippen LogP contribution in [0.5, 0.6) is 0 Å². The summed E-state index contributed by atoms with van der Waals surface area (Å²) >= 11 is 12.2. The molecule has 4 N–H and O–H groups in total. The largest absolute Gasteiger partial charge is 0.368 e. The third kappa shape index (κ3) is 7.71. The molecule has 6 aromatic rings. The van der Waals surface area contributed by atoms with Gasteiger partial charge in [0.15, 0.2) is 0 Å². The summed E-state index contributed by atoms with van der Waals surface area (Å²) in [6, 6.07) is 39.0. The lowest BCUT2D eigenvalue weighted by Crippen LogP contribution is -2.58. The quantitative estimate of drug-likeness (QED) is 0.110. The van der Waals surface area contributed by atoms with Crippen molar-refractivity contribution in [2.24, 2.45) is 11.8 Å². The van der Waals surface area contributed by atoms with Crippen LogP contribution in [0.25, 0.3) is 32.9 Å². The number of halogens is 2. The molecule has 4 unspecified atom stereocenters. The summed E-state index contributed by atoms with van der Waals surface area (Å²) in [4.78, 5) is 14.9. The lowest BCUT2D eigenvalue weighted by atomic mass is 9.81. The van der Waals surface area contributed by atoms with Crippen molar-refractivity contribution < 1.29 is 21.6 Å². The Morgan fingerprint density at radius 2 is 0.893 bits per heavy atom. The number of sulfonamides is 2. The molecule has 0 spiro atoms. The molecule has 8 rings (SSSR count). The molecule has 4 atom stereocenters. The van der Waals surface area contributed by atoms with Crippen LogP contribution in [0, 0.1) is 11.8 Å². The molecule has 0 aromatic heterocycles. The molecule has 13 heteroatoms. The molecule has 56 heavy (non-hydrogen) atoms. The number of fused-ring (bicyclic) bond motifs is 2. The minimum absolute atomic E-state index is 0.0215. The third-order valence-electron chi connectivity index (χ3n) is 10.3. The SMILES string of the molecule is O=C(C1CC=C(c2cccc3ccccc23)NC1NS(=O)(=O)c1ccc(Cl)cc1)C1CC=C(c2cccc3ccccc23)NC1NS(=O)(=O)c1ccc(Cl)cc1. The normalized spacial score (nSPS) is 20.1. The second-order valence-electron chi connectivity index (χ2n) is 13.8. The Labute approximate surface area is 335 Å². The average molecular weight is 824 g/mol. The Kier molecular flexibility index (Phi) is 10.5. The standard InChI is InChI=1S/C43H36Cl2N4O5S2/c44-29-15-19-31(20-16-29)55(51,52)48-42-37(23-25-39(46-42)35-13-5-9-27-7-1-3-11-33(27)35)41(50)38-24-26-40(36-14-6-10-28-8-2-4-12-34(28)36)47-43(38)49-56(53,54)32-21-17-30(45)18-22-32/h1-22,25-26,37-38,42-43,46-49H,23-24H2. The van der Waals surface area contributed by atoms with Crippen molar-refractivity contribution >= 4 is 82.0 Å². The van der Waals surface area contributed by atoms with Crippen LogP contribution in [0.15, 0.2) is 155 Å². The van der Waals surface area contributed by atoms with Crippen molar-refractivity contribution in [1.82, 2.24) is 20.1 Å². The van der Waals surface area contributed by atoms with Crippen LogP contribution >= 0.6 is 23.2 Å². The van der Waals surface area contributed by atoms with Crippen molar-refractivity contribution in [2.75, 3.05) is 0 Å². The van der Waals surface area contributed by atoms with E-state index < -0.39 is 44.2 Å². The number of rotatable bonds is 10. The van der Waals surface area contributed by atoms with Crippen molar-refractivity contribution in [1.29, 1.82) is 0 Å². The van der Waals surface area contributed by atoms with E-state index in [0.29, 0.717) is 21.4 Å². The highest BCUT2D eigenvalue weighted by atomic mass is 35.5. The van der Waals surface area contributed by atoms with Crippen LogP contribution in [0.1, 0.15) is 24.0 Å². The second-order valence-corrected chi connectivity index (χ2v) is 18.1. The molecule has 0 bridgehead atoms. The van der Waals surface area contributed by atoms with E-state index in [1.54, 1.807) is 0 Å². The number of benzene rings is 6. The topological polar surface area (TPSA) is 133 Å². The minimum atomic E-state index is -4.17. The van der Waals surface area contributed by atoms with Gasteiger partial charge in [0.1, 0.15) is 18.1 Å². The summed E-state index contributed by atoms with van der Waals surface area (Å²) < 4.78 is 61.1. The molecule has 9 nitrogen and oxygen atoms in total. The Hall–Kier alpha value is -5.01. The molecule has 0 amide bonds. The smallest absolute Gasteiger partial charge is 0.242 e. The maximum atomic E-state index is 15.0. The molecule has 0 fully saturated rings. The van der Waals surface area contributed by atoms with E-state index >= 15 is 0 Å². The van der Waals surface area contributed by atoms with Gasteiger partial charge in [0.25, 0.3) is 0 Å². The molecule has 284 valence electrons. The summed E-state index contributed by atoms with van der Waals surface area (Å²) in [5.41, 5.74) is 3.02. The first-order chi connectivity index (χ1) is 27.0. The van der Waals surface area contributed by atoms with E-state index in [1.807, 2.05) is 97.1 Å². The zero-order valence-corrected chi connectivity index (χ0v) is 32.8. The first-order valence-corrected chi connectivity index (χ1v) is 21.7. The zero-order chi connectivity index (χ0) is 39.0. The first kappa shape index (κ1) is 37.9. The van der Waals surface area contributed by atoms with Gasteiger partial charge in [0.05, 0.1) is 21.6 Å². The molecule has 0 saturated heterocycles. The zero-order valence-electron chi connectivity index (χ0n) is 29.7. The second kappa shape index (κ2) is 15.5. The number of nitrogens with one attached hydrogen (secondary N) is 4. The molecular weight excluding hydrogens is 788 g/mol. The summed E-state index contributed by atoms with van der Waals surface area (Å²) in [6.07, 6.45) is 1.95. The van der Waals surface area contributed by atoms with Crippen molar-refractivity contribution in [3.05, 3.63) is 167 Å². The predicted octanol–water partition coefficient (Wildman–Crippen LogP) is 8.08. The molecule has 6 aromatic carbocycles. The number of hydrogen-bond acceptors (Lipinski definition) is 7. The van der Waals surface area contributed by atoms with Gasteiger partial charge in [-0.05, 0) is 82.9 Å². The molecular formula is C43H36Cl2N4O5S2. The Bertz CT molecular complexity index is 2560. The van der Waals surface area contributed by atoms with Crippen molar-refractivity contribution in [2.45, 2.75) is 35.0 Å². The average Bonchev–Trinajstić information content (AvgIpc) is 3.20. The summed E-state index contributed by atoms with van der Waals surface area (Å²) in [5.74, 6) is -2.20. The van der Waals surface area contributed by atoms with E-state index in [2.05, 4.69) is 20.1 Å². The Morgan fingerprint density at radius 1 is 0.518 bits per heavy atom. The molecule has 0 radical (unpaired) electrons. The first-order valence-electron chi connectivity index (χ1n) is 18.0. The van der Waals surface area contributed by atoms with Gasteiger partial charge in [-0.15, -0.1) is 0 Å². The van der Waals surface area contributed by atoms with Gasteiger partial charge >= 0.3 is 0 Å². The summed E-state index contributed by atoms with van der Waals surface area (Å²) in [5, 5.41) is 11.4. The fourth-order valence-corrected chi connectivity index (χ4v) is 10.1. The molecule has 2 aliphatic rings. The van der Waals surface area contributed by atoms with Crippen molar-refractivity contribution in [3.63, 3.8) is 0 Å². The van der Waals surface area contributed by atoms with Crippen LogP contribution < -0.4 is 20.1 Å². The van der Waals surface area contributed by atoms with Gasteiger partial charge < -0.3 is 10.6 Å². The van der Waals surface area contributed by atoms with E-state index in [0.717, 1.165) is 32.7 Å². The van der Waals surface area contributed by atoms with Crippen LogP contribution in [0.3, 0.4) is 0 Å². The Morgan fingerprint density at radius 3 is 1.30 bits per heavy atom.